The van der Waals surface area contributed by atoms with E-state index in [9.17, 15) is 4.79 Å². The predicted octanol–water partition coefficient (Wildman–Crippen LogP) is 4.75. The number of halogens is 4. The summed E-state index contributed by atoms with van der Waals surface area (Å²) >= 11 is 21.7. The summed E-state index contributed by atoms with van der Waals surface area (Å²) in [5.41, 5.74) is 0.539. The molecular formula is C15H18BrCl3N2O. The van der Waals surface area contributed by atoms with Gasteiger partial charge in [0.15, 0.2) is 0 Å². The zero-order chi connectivity index (χ0) is 16.2. The van der Waals surface area contributed by atoms with Crippen LogP contribution in [0.2, 0.25) is 0 Å². The molecule has 2 rings (SSSR count). The summed E-state index contributed by atoms with van der Waals surface area (Å²) in [5, 5.41) is 2.87. The van der Waals surface area contributed by atoms with E-state index in [1.54, 1.807) is 12.1 Å². The van der Waals surface area contributed by atoms with E-state index >= 15 is 0 Å². The van der Waals surface area contributed by atoms with Crippen LogP contribution >= 0.6 is 50.7 Å². The highest BCUT2D eigenvalue weighted by Crippen LogP contribution is 2.33. The molecule has 3 nitrogen and oxygen atoms in total. The smallest absolute Gasteiger partial charge is 0.252 e. The van der Waals surface area contributed by atoms with Gasteiger partial charge in [0.2, 0.25) is 3.79 Å². The summed E-state index contributed by atoms with van der Waals surface area (Å²) in [6, 6.07) is 7.09. The van der Waals surface area contributed by atoms with Gasteiger partial charge in [0.05, 0.1) is 0 Å². The van der Waals surface area contributed by atoms with E-state index in [1.807, 2.05) is 12.1 Å². The van der Waals surface area contributed by atoms with Gasteiger partial charge in [-0.25, -0.2) is 0 Å². The van der Waals surface area contributed by atoms with Gasteiger partial charge in [-0.2, -0.15) is 0 Å². The lowest BCUT2D eigenvalue weighted by Gasteiger charge is -2.35. The zero-order valence-electron chi connectivity index (χ0n) is 12.0. The van der Waals surface area contributed by atoms with Crippen LogP contribution in [0, 0.1) is 0 Å². The molecule has 1 unspecified atom stereocenters. The largest absolute Gasteiger partial charge is 0.332 e. The number of hydrogen-bond acceptors (Lipinski definition) is 2. The van der Waals surface area contributed by atoms with E-state index in [2.05, 4.69) is 26.1 Å². The van der Waals surface area contributed by atoms with E-state index in [1.165, 1.54) is 12.8 Å². The second kappa shape index (κ2) is 8.20. The van der Waals surface area contributed by atoms with Crippen molar-refractivity contribution in [3.05, 3.63) is 34.3 Å². The second-order valence-electron chi connectivity index (χ2n) is 5.37. The number of carbonyl (C=O) groups excluding carboxylic acids is 1. The van der Waals surface area contributed by atoms with Crippen molar-refractivity contribution in [1.82, 2.24) is 10.2 Å². The molecule has 122 valence electrons. The van der Waals surface area contributed by atoms with Crippen LogP contribution in [-0.4, -0.2) is 33.9 Å². The van der Waals surface area contributed by atoms with E-state index < -0.39 is 9.96 Å². The van der Waals surface area contributed by atoms with Crippen LogP contribution in [-0.2, 0) is 0 Å². The molecule has 1 fully saturated rings. The topological polar surface area (TPSA) is 32.3 Å². The fourth-order valence-corrected chi connectivity index (χ4v) is 3.38. The Morgan fingerprint density at radius 1 is 1.09 bits per heavy atom. The van der Waals surface area contributed by atoms with E-state index in [0.29, 0.717) is 5.56 Å². The first kappa shape index (κ1) is 18.3. The normalized spacial score (nSPS) is 18.5. The SMILES string of the molecule is O=C(NC(N1CCCCCC1)C(Cl)(Cl)Cl)c1ccc(Br)cc1. The standard InChI is InChI=1S/C15H18BrCl3N2O/c16-12-7-5-11(6-8-12)13(22)20-14(15(17,18)19)21-9-3-1-2-4-10-21/h5-8,14H,1-4,9-10H2,(H,20,22). The van der Waals surface area contributed by atoms with Crippen LogP contribution < -0.4 is 5.32 Å². The summed E-state index contributed by atoms with van der Waals surface area (Å²) < 4.78 is -0.662. The molecule has 1 saturated heterocycles. The highest BCUT2D eigenvalue weighted by molar-refractivity contribution is 9.10. The lowest BCUT2D eigenvalue weighted by Crippen LogP contribution is -2.55. The van der Waals surface area contributed by atoms with Crippen molar-refractivity contribution in [2.24, 2.45) is 0 Å². The molecule has 22 heavy (non-hydrogen) atoms. The van der Waals surface area contributed by atoms with Crippen molar-refractivity contribution in [1.29, 1.82) is 0 Å². The predicted molar refractivity (Wildman–Crippen MR) is 95.7 cm³/mol. The molecule has 0 radical (unpaired) electrons. The summed E-state index contributed by atoms with van der Waals surface area (Å²) in [5.74, 6) is -0.243. The Balaban J connectivity index is 2.12. The number of alkyl halides is 3. The number of likely N-dealkylation sites (tertiary alicyclic amines) is 1. The number of benzene rings is 1. The molecule has 1 aliphatic heterocycles. The molecule has 1 atom stereocenters. The Morgan fingerprint density at radius 3 is 2.14 bits per heavy atom. The molecule has 7 heteroatoms. The van der Waals surface area contributed by atoms with Gasteiger partial charge in [-0.1, -0.05) is 63.6 Å². The van der Waals surface area contributed by atoms with Crippen molar-refractivity contribution in [2.75, 3.05) is 13.1 Å². The quantitative estimate of drug-likeness (QED) is 0.705. The molecule has 1 aromatic carbocycles. The lowest BCUT2D eigenvalue weighted by molar-refractivity contribution is 0.0853. The van der Waals surface area contributed by atoms with Crippen LogP contribution in [0.5, 0.6) is 0 Å². The molecule has 0 aromatic heterocycles. The molecule has 0 saturated carbocycles. The first-order valence-corrected chi connectivity index (χ1v) is 9.18. The van der Waals surface area contributed by atoms with Crippen LogP contribution in [0.25, 0.3) is 0 Å². The highest BCUT2D eigenvalue weighted by atomic mass is 79.9. The third-order valence-corrected chi connectivity index (χ3v) is 4.84. The summed E-state index contributed by atoms with van der Waals surface area (Å²) in [6.07, 6.45) is 3.80. The maximum absolute atomic E-state index is 12.4. The van der Waals surface area contributed by atoms with Crippen LogP contribution in [0.1, 0.15) is 36.0 Å². The summed E-state index contributed by atoms with van der Waals surface area (Å²) in [6.45, 7) is 1.64. The van der Waals surface area contributed by atoms with Crippen molar-refractivity contribution in [3.63, 3.8) is 0 Å². The average Bonchev–Trinajstić information content (AvgIpc) is 2.73. The molecule has 1 amide bonds. The Hall–Kier alpha value is -0.000000000000000167. The van der Waals surface area contributed by atoms with Crippen molar-refractivity contribution in [3.8, 4) is 0 Å². The fraction of sp³-hybridized carbons (Fsp3) is 0.533. The minimum absolute atomic E-state index is 0.243. The second-order valence-corrected chi connectivity index (χ2v) is 8.66. The average molecular weight is 429 g/mol. The number of carbonyl (C=O) groups is 1. The van der Waals surface area contributed by atoms with Crippen LogP contribution in [0.4, 0.5) is 0 Å². The molecule has 1 heterocycles. The van der Waals surface area contributed by atoms with Crippen molar-refractivity contribution >= 4 is 56.6 Å². The molecule has 0 spiro atoms. The molecule has 1 N–H and O–H groups in total. The monoisotopic (exact) mass is 426 g/mol. The third-order valence-electron chi connectivity index (χ3n) is 3.69. The number of hydrogen-bond donors (Lipinski definition) is 1. The number of amides is 1. The lowest BCUT2D eigenvalue weighted by atomic mass is 10.2. The molecule has 1 aliphatic rings. The minimum atomic E-state index is -1.57. The van der Waals surface area contributed by atoms with E-state index in [4.69, 9.17) is 34.8 Å². The van der Waals surface area contributed by atoms with E-state index in [-0.39, 0.29) is 5.91 Å². The van der Waals surface area contributed by atoms with Crippen molar-refractivity contribution in [2.45, 2.75) is 35.6 Å². The van der Waals surface area contributed by atoms with Gasteiger partial charge in [-0.15, -0.1) is 0 Å². The Bertz CT molecular complexity index is 497. The summed E-state index contributed by atoms with van der Waals surface area (Å²) in [4.78, 5) is 14.5. The fourth-order valence-electron chi connectivity index (χ4n) is 2.54. The Morgan fingerprint density at radius 2 is 1.64 bits per heavy atom. The third kappa shape index (κ3) is 5.27. The van der Waals surface area contributed by atoms with Gasteiger partial charge in [-0.05, 0) is 37.1 Å². The van der Waals surface area contributed by atoms with Gasteiger partial charge in [0.1, 0.15) is 6.17 Å². The molecule has 0 aliphatic carbocycles. The van der Waals surface area contributed by atoms with Gasteiger partial charge in [0, 0.05) is 23.1 Å². The molecule has 1 aromatic rings. The van der Waals surface area contributed by atoms with Gasteiger partial charge >= 0.3 is 0 Å². The van der Waals surface area contributed by atoms with Gasteiger partial charge < -0.3 is 5.32 Å². The maximum atomic E-state index is 12.4. The zero-order valence-corrected chi connectivity index (χ0v) is 15.9. The highest BCUT2D eigenvalue weighted by Gasteiger charge is 2.38. The first-order valence-electron chi connectivity index (χ1n) is 7.25. The Labute approximate surface area is 154 Å². The number of rotatable bonds is 3. The molecular weight excluding hydrogens is 410 g/mol. The van der Waals surface area contributed by atoms with Gasteiger partial charge in [0.25, 0.3) is 5.91 Å². The van der Waals surface area contributed by atoms with Crippen molar-refractivity contribution < 1.29 is 4.79 Å². The maximum Gasteiger partial charge on any atom is 0.252 e. The summed E-state index contributed by atoms with van der Waals surface area (Å²) in [7, 11) is 0. The Kier molecular flexibility index (Phi) is 6.84. The minimum Gasteiger partial charge on any atom is -0.332 e. The van der Waals surface area contributed by atoms with Gasteiger partial charge in [-0.3, -0.25) is 9.69 Å². The number of nitrogens with one attached hydrogen (secondary N) is 1. The van der Waals surface area contributed by atoms with Crippen LogP contribution in [0.3, 0.4) is 0 Å². The van der Waals surface area contributed by atoms with E-state index in [0.717, 1.165) is 30.4 Å². The molecule has 0 bridgehead atoms. The first-order chi connectivity index (χ1) is 10.4. The van der Waals surface area contributed by atoms with Crippen LogP contribution in [0.15, 0.2) is 28.7 Å². The number of nitrogens with zero attached hydrogens (tertiary/aromatic N) is 1.